The van der Waals surface area contributed by atoms with E-state index in [0.29, 0.717) is 48.5 Å². The number of anilines is 1. The van der Waals surface area contributed by atoms with E-state index in [1.165, 1.54) is 44.8 Å². The Balaban J connectivity index is 1.46. The highest BCUT2D eigenvalue weighted by molar-refractivity contribution is 7.89. The topological polar surface area (TPSA) is 102 Å². The first-order valence-corrected chi connectivity index (χ1v) is 13.2. The smallest absolute Gasteiger partial charge is 0.260 e. The van der Waals surface area contributed by atoms with Crippen molar-refractivity contribution < 1.29 is 27.1 Å². The first kappa shape index (κ1) is 23.5. The number of aromatic nitrogens is 1. The molecule has 1 saturated heterocycles. The van der Waals surface area contributed by atoms with Crippen molar-refractivity contribution in [3.8, 4) is 5.75 Å². The molecule has 2 aromatic carbocycles. The summed E-state index contributed by atoms with van der Waals surface area (Å²) in [5.41, 5.74) is 1.09. The molecule has 1 aliphatic heterocycles. The van der Waals surface area contributed by atoms with Crippen LogP contribution in [0, 0.1) is 0 Å². The molecule has 0 spiro atoms. The van der Waals surface area contributed by atoms with Crippen LogP contribution < -0.4 is 9.64 Å². The number of furan rings is 1. The van der Waals surface area contributed by atoms with Crippen LogP contribution >= 0.6 is 11.3 Å². The van der Waals surface area contributed by atoms with Crippen molar-refractivity contribution >= 4 is 42.6 Å². The van der Waals surface area contributed by atoms with Crippen LogP contribution in [0.1, 0.15) is 16.1 Å². The molecular formula is C24H23N3O6S2. The molecule has 0 unspecified atom stereocenters. The third-order valence-corrected chi connectivity index (χ3v) is 8.62. The van der Waals surface area contributed by atoms with Gasteiger partial charge < -0.3 is 13.9 Å². The second-order valence-corrected chi connectivity index (χ2v) is 10.8. The fourth-order valence-corrected chi connectivity index (χ4v) is 6.18. The van der Waals surface area contributed by atoms with E-state index in [4.69, 9.17) is 13.9 Å². The highest BCUT2D eigenvalue weighted by Crippen LogP contribution is 2.33. The summed E-state index contributed by atoms with van der Waals surface area (Å²) in [6.45, 7) is 1.53. The largest absolute Gasteiger partial charge is 0.497 e. The second-order valence-electron chi connectivity index (χ2n) is 7.84. The molecule has 9 nitrogen and oxygen atoms in total. The van der Waals surface area contributed by atoms with Crippen molar-refractivity contribution in [2.45, 2.75) is 11.4 Å². The highest BCUT2D eigenvalue weighted by Gasteiger charge is 2.27. The van der Waals surface area contributed by atoms with Gasteiger partial charge in [0.15, 0.2) is 5.13 Å². The SMILES string of the molecule is COc1ccc2nc(N(Cc3ccco3)C(=O)c3ccc(S(=O)(=O)N4CCOCC4)cc3)sc2c1. The van der Waals surface area contributed by atoms with E-state index in [0.717, 1.165) is 10.2 Å². The Bertz CT molecular complexity index is 1430. The Morgan fingerprint density at radius 3 is 2.60 bits per heavy atom. The minimum atomic E-state index is -3.65. The van der Waals surface area contributed by atoms with Crippen LogP contribution in [0.15, 0.2) is 70.2 Å². The summed E-state index contributed by atoms with van der Waals surface area (Å²) < 4.78 is 44.2. The maximum Gasteiger partial charge on any atom is 0.260 e. The molecule has 0 radical (unpaired) electrons. The lowest BCUT2D eigenvalue weighted by atomic mass is 10.2. The number of thiazole rings is 1. The number of nitrogens with zero attached hydrogens (tertiary/aromatic N) is 3. The molecule has 0 atom stereocenters. The fraction of sp³-hybridized carbons (Fsp3) is 0.250. The molecule has 35 heavy (non-hydrogen) atoms. The van der Waals surface area contributed by atoms with Crippen molar-refractivity contribution in [3.63, 3.8) is 0 Å². The first-order chi connectivity index (χ1) is 17.0. The van der Waals surface area contributed by atoms with Gasteiger partial charge in [-0.05, 0) is 54.6 Å². The minimum absolute atomic E-state index is 0.139. The molecule has 1 aliphatic rings. The van der Waals surface area contributed by atoms with E-state index in [-0.39, 0.29) is 17.3 Å². The third kappa shape index (κ3) is 4.80. The van der Waals surface area contributed by atoms with Crippen LogP contribution in [0.5, 0.6) is 5.75 Å². The molecule has 182 valence electrons. The lowest BCUT2D eigenvalue weighted by Gasteiger charge is -2.26. The lowest BCUT2D eigenvalue weighted by Crippen LogP contribution is -2.40. The van der Waals surface area contributed by atoms with Gasteiger partial charge >= 0.3 is 0 Å². The monoisotopic (exact) mass is 513 g/mol. The fourth-order valence-electron chi connectivity index (χ4n) is 3.78. The van der Waals surface area contributed by atoms with E-state index < -0.39 is 10.0 Å². The zero-order valence-electron chi connectivity index (χ0n) is 18.9. The number of hydrogen-bond donors (Lipinski definition) is 0. The van der Waals surface area contributed by atoms with Crippen molar-refractivity contribution in [2.75, 3.05) is 38.3 Å². The summed E-state index contributed by atoms with van der Waals surface area (Å²) >= 11 is 1.36. The molecule has 1 amide bonds. The van der Waals surface area contributed by atoms with Crippen LogP contribution in [0.4, 0.5) is 5.13 Å². The first-order valence-electron chi connectivity index (χ1n) is 10.9. The molecule has 0 N–H and O–H groups in total. The Morgan fingerprint density at radius 1 is 1.14 bits per heavy atom. The summed E-state index contributed by atoms with van der Waals surface area (Å²) in [5, 5.41) is 0.500. The van der Waals surface area contributed by atoms with E-state index in [1.807, 2.05) is 18.2 Å². The van der Waals surface area contributed by atoms with Crippen LogP contribution in [0.3, 0.4) is 0 Å². The van der Waals surface area contributed by atoms with Gasteiger partial charge in [-0.2, -0.15) is 4.31 Å². The van der Waals surface area contributed by atoms with Gasteiger partial charge in [-0.15, -0.1) is 0 Å². The van der Waals surface area contributed by atoms with Gasteiger partial charge in [0.25, 0.3) is 5.91 Å². The number of benzene rings is 2. The molecule has 3 heterocycles. The maximum absolute atomic E-state index is 13.6. The summed E-state index contributed by atoms with van der Waals surface area (Å²) in [5.74, 6) is 0.984. The van der Waals surface area contributed by atoms with E-state index in [9.17, 15) is 13.2 Å². The van der Waals surface area contributed by atoms with Gasteiger partial charge in [0.05, 0.1) is 48.2 Å². The Labute approximate surface area is 206 Å². The van der Waals surface area contributed by atoms with Crippen molar-refractivity contribution in [2.24, 2.45) is 0 Å². The Kier molecular flexibility index (Phi) is 6.56. The van der Waals surface area contributed by atoms with Crippen LogP contribution in [-0.4, -0.2) is 57.0 Å². The van der Waals surface area contributed by atoms with E-state index in [1.54, 1.807) is 25.5 Å². The van der Waals surface area contributed by atoms with Gasteiger partial charge in [-0.1, -0.05) is 11.3 Å². The van der Waals surface area contributed by atoms with Crippen LogP contribution in [0.25, 0.3) is 10.2 Å². The average molecular weight is 514 g/mol. The number of carbonyl (C=O) groups is 1. The minimum Gasteiger partial charge on any atom is -0.497 e. The molecular weight excluding hydrogens is 490 g/mol. The van der Waals surface area contributed by atoms with Gasteiger partial charge in [0, 0.05) is 18.7 Å². The predicted octanol–water partition coefficient (Wildman–Crippen LogP) is 3.77. The highest BCUT2D eigenvalue weighted by atomic mass is 32.2. The normalized spacial score (nSPS) is 14.8. The third-order valence-electron chi connectivity index (χ3n) is 5.66. The molecule has 2 aromatic heterocycles. The van der Waals surface area contributed by atoms with Gasteiger partial charge in [0.1, 0.15) is 11.5 Å². The number of carbonyl (C=O) groups excluding carboxylic acids is 1. The summed E-state index contributed by atoms with van der Waals surface area (Å²) in [7, 11) is -2.05. The summed E-state index contributed by atoms with van der Waals surface area (Å²) in [4.78, 5) is 19.9. The molecule has 4 aromatic rings. The number of morpholine rings is 1. The lowest BCUT2D eigenvalue weighted by molar-refractivity contribution is 0.0730. The number of sulfonamides is 1. The van der Waals surface area contributed by atoms with Gasteiger partial charge in [-0.25, -0.2) is 13.4 Å². The zero-order valence-corrected chi connectivity index (χ0v) is 20.5. The number of fused-ring (bicyclic) bond motifs is 1. The quantitative estimate of drug-likeness (QED) is 0.371. The maximum atomic E-state index is 13.6. The Hall–Kier alpha value is -3.25. The van der Waals surface area contributed by atoms with E-state index >= 15 is 0 Å². The second kappa shape index (κ2) is 9.78. The molecule has 0 bridgehead atoms. The van der Waals surface area contributed by atoms with Gasteiger partial charge in [0.2, 0.25) is 10.0 Å². The number of methoxy groups -OCH3 is 1. The van der Waals surface area contributed by atoms with Crippen molar-refractivity contribution in [1.82, 2.24) is 9.29 Å². The zero-order chi connectivity index (χ0) is 24.4. The molecule has 5 rings (SSSR count). The number of hydrogen-bond acceptors (Lipinski definition) is 8. The Morgan fingerprint density at radius 2 is 1.91 bits per heavy atom. The standard InChI is InChI=1S/C24H23N3O6S2/c1-31-18-6-9-21-22(15-18)34-24(25-21)27(16-19-3-2-12-33-19)23(28)17-4-7-20(8-5-17)35(29,30)26-10-13-32-14-11-26/h2-9,12,15H,10-11,13-14,16H2,1H3. The summed E-state index contributed by atoms with van der Waals surface area (Å²) in [6, 6.07) is 15.1. The molecule has 11 heteroatoms. The van der Waals surface area contributed by atoms with Crippen LogP contribution in [-0.2, 0) is 21.3 Å². The number of amides is 1. The molecule has 0 aliphatic carbocycles. The number of ether oxygens (including phenoxy) is 2. The average Bonchev–Trinajstić information content (AvgIpc) is 3.56. The van der Waals surface area contributed by atoms with E-state index in [2.05, 4.69) is 4.98 Å². The van der Waals surface area contributed by atoms with Gasteiger partial charge in [-0.3, -0.25) is 9.69 Å². The summed E-state index contributed by atoms with van der Waals surface area (Å²) in [6.07, 6.45) is 1.55. The van der Waals surface area contributed by atoms with Crippen molar-refractivity contribution in [3.05, 3.63) is 72.2 Å². The predicted molar refractivity (Wildman–Crippen MR) is 131 cm³/mol. The van der Waals surface area contributed by atoms with Crippen molar-refractivity contribution in [1.29, 1.82) is 0 Å². The van der Waals surface area contributed by atoms with Crippen LogP contribution in [0.2, 0.25) is 0 Å². The molecule has 0 saturated carbocycles. The molecule has 1 fully saturated rings. The number of rotatable bonds is 7.